The number of nitrogens with zero attached hydrogens (tertiary/aromatic N) is 3. The summed E-state index contributed by atoms with van der Waals surface area (Å²) in [7, 11) is 0. The van der Waals surface area contributed by atoms with Gasteiger partial charge in [0.25, 0.3) is 0 Å². The van der Waals surface area contributed by atoms with Gasteiger partial charge in [-0.15, -0.1) is 0 Å². The van der Waals surface area contributed by atoms with Crippen molar-refractivity contribution in [3.63, 3.8) is 0 Å². The zero-order chi connectivity index (χ0) is 15.1. The second-order valence-corrected chi connectivity index (χ2v) is 4.54. The predicted molar refractivity (Wildman–Crippen MR) is 74.2 cm³/mol. The number of aryl methyl sites for hydroxylation is 1. The largest absolute Gasteiger partial charge is 0.481 e. The number of hydrogen-bond donors (Lipinski definition) is 2. The quantitative estimate of drug-likeness (QED) is 0.792. The lowest BCUT2D eigenvalue weighted by Crippen LogP contribution is -2.30. The van der Waals surface area contributed by atoms with Crippen LogP contribution >= 0.6 is 0 Å². The molecule has 0 radical (unpaired) electrons. The maximum absolute atomic E-state index is 11.9. The zero-order valence-corrected chi connectivity index (χ0v) is 11.3. The minimum Gasteiger partial charge on any atom is -0.481 e. The molecule has 0 fully saturated rings. The van der Waals surface area contributed by atoms with Crippen molar-refractivity contribution >= 4 is 11.9 Å². The van der Waals surface area contributed by atoms with E-state index in [-0.39, 0.29) is 18.7 Å². The van der Waals surface area contributed by atoms with Crippen LogP contribution in [0.2, 0.25) is 0 Å². The molecular formula is C14H16N4O3. The summed E-state index contributed by atoms with van der Waals surface area (Å²) in [6, 6.07) is 8.52. The van der Waals surface area contributed by atoms with Crippen LogP contribution in [0.15, 0.2) is 43.0 Å². The van der Waals surface area contributed by atoms with Crippen LogP contribution in [0.3, 0.4) is 0 Å². The molecule has 1 aromatic carbocycles. The van der Waals surface area contributed by atoms with Crippen molar-refractivity contribution in [3.8, 4) is 0 Å². The molecule has 0 spiro atoms. The van der Waals surface area contributed by atoms with Gasteiger partial charge in [-0.3, -0.25) is 14.3 Å². The molecule has 7 heteroatoms. The van der Waals surface area contributed by atoms with Gasteiger partial charge < -0.3 is 10.4 Å². The smallest absolute Gasteiger partial charge is 0.305 e. The molecule has 1 aromatic heterocycles. The first-order valence-corrected chi connectivity index (χ1v) is 6.53. The Hall–Kier alpha value is -2.70. The van der Waals surface area contributed by atoms with Crippen LogP contribution < -0.4 is 5.32 Å². The summed E-state index contributed by atoms with van der Waals surface area (Å²) in [6.45, 7) is 0.403. The molecule has 0 aliphatic heterocycles. The highest BCUT2D eigenvalue weighted by molar-refractivity contribution is 5.77. The third-order valence-electron chi connectivity index (χ3n) is 2.95. The summed E-state index contributed by atoms with van der Waals surface area (Å²) in [4.78, 5) is 26.7. The molecule has 1 atom stereocenters. The van der Waals surface area contributed by atoms with E-state index in [4.69, 9.17) is 5.11 Å². The van der Waals surface area contributed by atoms with Crippen LogP contribution in [0.1, 0.15) is 24.4 Å². The third-order valence-corrected chi connectivity index (χ3v) is 2.95. The first kappa shape index (κ1) is 14.7. The molecule has 0 bridgehead atoms. The summed E-state index contributed by atoms with van der Waals surface area (Å²) in [5.74, 6) is -1.18. The van der Waals surface area contributed by atoms with Gasteiger partial charge in [0.15, 0.2) is 0 Å². The lowest BCUT2D eigenvalue weighted by Gasteiger charge is -2.17. The Labute approximate surface area is 121 Å². The maximum Gasteiger partial charge on any atom is 0.305 e. The van der Waals surface area contributed by atoms with E-state index in [1.807, 2.05) is 18.2 Å². The number of amides is 1. The Kier molecular flexibility index (Phi) is 5.03. The number of carboxylic acid groups (broad SMARTS) is 1. The van der Waals surface area contributed by atoms with E-state index in [0.29, 0.717) is 6.54 Å². The van der Waals surface area contributed by atoms with Crippen LogP contribution in [-0.2, 0) is 16.1 Å². The van der Waals surface area contributed by atoms with Gasteiger partial charge in [0.2, 0.25) is 5.91 Å². The number of carbonyl (C=O) groups excluding carboxylic acids is 1. The predicted octanol–water partition coefficient (Wildman–Crippen LogP) is 1.00. The number of aliphatic carboxylic acids is 1. The number of hydrogen-bond acceptors (Lipinski definition) is 4. The van der Waals surface area contributed by atoms with Gasteiger partial charge in [0.05, 0.1) is 19.0 Å². The van der Waals surface area contributed by atoms with Gasteiger partial charge in [-0.2, -0.15) is 5.10 Å². The molecule has 21 heavy (non-hydrogen) atoms. The summed E-state index contributed by atoms with van der Waals surface area (Å²) >= 11 is 0. The van der Waals surface area contributed by atoms with Crippen LogP contribution in [0, 0.1) is 0 Å². The van der Waals surface area contributed by atoms with Crippen LogP contribution in [0.25, 0.3) is 0 Å². The van der Waals surface area contributed by atoms with Crippen molar-refractivity contribution < 1.29 is 14.7 Å². The van der Waals surface area contributed by atoms with Crippen molar-refractivity contribution in [2.75, 3.05) is 0 Å². The van der Waals surface area contributed by atoms with Crippen molar-refractivity contribution in [3.05, 3.63) is 48.5 Å². The first-order valence-electron chi connectivity index (χ1n) is 6.53. The number of aromatic nitrogens is 3. The normalized spacial score (nSPS) is 11.8. The minimum absolute atomic E-state index is 0.154. The number of benzene rings is 1. The molecule has 0 aliphatic rings. The van der Waals surface area contributed by atoms with Crippen LogP contribution in [-0.4, -0.2) is 31.7 Å². The molecular weight excluding hydrogens is 272 g/mol. The molecule has 110 valence electrons. The average Bonchev–Trinajstić information content (AvgIpc) is 2.98. The molecule has 1 unspecified atom stereocenters. The Morgan fingerprint density at radius 3 is 2.67 bits per heavy atom. The maximum atomic E-state index is 11.9. The van der Waals surface area contributed by atoms with Crippen LogP contribution in [0.5, 0.6) is 0 Å². The van der Waals surface area contributed by atoms with E-state index >= 15 is 0 Å². The van der Waals surface area contributed by atoms with E-state index in [9.17, 15) is 9.59 Å². The molecule has 0 saturated carbocycles. The summed E-state index contributed by atoms with van der Waals surface area (Å²) in [5, 5.41) is 15.6. The summed E-state index contributed by atoms with van der Waals surface area (Å²) < 4.78 is 1.55. The molecule has 1 amide bonds. The lowest BCUT2D eigenvalue weighted by molar-refractivity contribution is -0.137. The van der Waals surface area contributed by atoms with Crippen LogP contribution in [0.4, 0.5) is 0 Å². The summed E-state index contributed by atoms with van der Waals surface area (Å²) in [6.07, 6.45) is 2.99. The van der Waals surface area contributed by atoms with Gasteiger partial charge in [0, 0.05) is 6.42 Å². The third kappa shape index (κ3) is 4.72. The first-order chi connectivity index (χ1) is 10.1. The number of nitrogens with one attached hydrogen (secondary N) is 1. The van der Waals surface area contributed by atoms with E-state index < -0.39 is 12.0 Å². The SMILES string of the molecule is O=C(O)CC(NC(=O)CCn1cncn1)c1ccccc1. The highest BCUT2D eigenvalue weighted by atomic mass is 16.4. The zero-order valence-electron chi connectivity index (χ0n) is 11.3. The van der Waals surface area contributed by atoms with Crippen molar-refractivity contribution in [2.24, 2.45) is 0 Å². The topological polar surface area (TPSA) is 97.1 Å². The number of carbonyl (C=O) groups is 2. The standard InChI is InChI=1S/C14H16N4O3/c19-13(6-7-18-10-15-9-16-18)17-12(8-14(20)21)11-4-2-1-3-5-11/h1-5,9-10,12H,6-8H2,(H,17,19)(H,20,21). The van der Waals surface area contributed by atoms with Crippen molar-refractivity contribution in [1.29, 1.82) is 0 Å². The van der Waals surface area contributed by atoms with Gasteiger partial charge >= 0.3 is 5.97 Å². The Morgan fingerprint density at radius 2 is 2.05 bits per heavy atom. The Balaban J connectivity index is 1.94. The number of rotatable bonds is 7. The highest BCUT2D eigenvalue weighted by Gasteiger charge is 2.17. The Morgan fingerprint density at radius 1 is 1.29 bits per heavy atom. The fourth-order valence-corrected chi connectivity index (χ4v) is 1.94. The minimum atomic E-state index is -0.958. The highest BCUT2D eigenvalue weighted by Crippen LogP contribution is 2.16. The molecule has 1 heterocycles. The van der Waals surface area contributed by atoms with Gasteiger partial charge in [-0.1, -0.05) is 30.3 Å². The molecule has 2 rings (SSSR count). The second-order valence-electron chi connectivity index (χ2n) is 4.54. The molecule has 0 saturated heterocycles. The molecule has 2 aromatic rings. The summed E-state index contributed by atoms with van der Waals surface area (Å²) in [5.41, 5.74) is 0.772. The van der Waals surface area contributed by atoms with Gasteiger partial charge in [-0.25, -0.2) is 4.98 Å². The van der Waals surface area contributed by atoms with Crippen molar-refractivity contribution in [1.82, 2.24) is 20.1 Å². The molecule has 2 N–H and O–H groups in total. The van der Waals surface area contributed by atoms with Gasteiger partial charge in [-0.05, 0) is 5.56 Å². The number of carboxylic acids is 1. The Bertz CT molecular complexity index is 584. The lowest BCUT2D eigenvalue weighted by atomic mass is 10.0. The van der Waals surface area contributed by atoms with E-state index in [0.717, 1.165) is 5.56 Å². The van der Waals surface area contributed by atoms with E-state index in [1.54, 1.807) is 16.8 Å². The molecule has 7 nitrogen and oxygen atoms in total. The molecule has 0 aliphatic carbocycles. The van der Waals surface area contributed by atoms with Gasteiger partial charge in [0.1, 0.15) is 12.7 Å². The average molecular weight is 288 g/mol. The van der Waals surface area contributed by atoms with E-state index in [2.05, 4.69) is 15.4 Å². The fraction of sp³-hybridized carbons (Fsp3) is 0.286. The fourth-order valence-electron chi connectivity index (χ4n) is 1.94. The van der Waals surface area contributed by atoms with E-state index in [1.165, 1.54) is 12.7 Å². The monoisotopic (exact) mass is 288 g/mol. The van der Waals surface area contributed by atoms with Crippen molar-refractivity contribution in [2.45, 2.75) is 25.4 Å². The second kappa shape index (κ2) is 7.18.